The van der Waals surface area contributed by atoms with E-state index in [0.717, 1.165) is 0 Å². The first-order chi connectivity index (χ1) is 32.6. The van der Waals surface area contributed by atoms with Gasteiger partial charge in [-0.05, 0) is 115 Å². The van der Waals surface area contributed by atoms with Gasteiger partial charge in [0.05, 0.1) is 56.4 Å². The summed E-state index contributed by atoms with van der Waals surface area (Å²) in [6.45, 7) is 7.65. The number of nitrogens with zero attached hydrogens (tertiary/aromatic N) is 5. The lowest BCUT2D eigenvalue weighted by Gasteiger charge is -2.21. The van der Waals surface area contributed by atoms with Crippen LogP contribution in [0.2, 0.25) is 10.0 Å². The SMILES string of the molecule is C=C1[C@H](COC(=O)Cc2c(C)n(C(=O)c3ccc(Cl)cc3)c3ccc(OC)cc23)[C@@H](OC(=O)Cc2c(C)n(C(=O)c3ccc(Cl)cc3)c3ccc(OC)cc23)C[C@@H]1n1cnc2c(=O)[nH]c(N)nc21. The number of methoxy groups -OCH3 is 2. The van der Waals surface area contributed by atoms with Gasteiger partial charge in [0.25, 0.3) is 17.4 Å². The third kappa shape index (κ3) is 8.26. The Morgan fingerprint density at radius 1 is 0.779 bits per heavy atom. The van der Waals surface area contributed by atoms with Crippen LogP contribution >= 0.6 is 23.2 Å². The Morgan fingerprint density at radius 2 is 1.29 bits per heavy atom. The van der Waals surface area contributed by atoms with Crippen molar-refractivity contribution in [2.24, 2.45) is 5.92 Å². The summed E-state index contributed by atoms with van der Waals surface area (Å²) in [5.41, 5.74) is 10.2. The molecule has 4 heterocycles. The number of carbonyl (C=O) groups is 4. The average Bonchev–Trinajstić information content (AvgIpc) is 4.03. The molecular weight excluding hydrogens is 913 g/mol. The lowest BCUT2D eigenvalue weighted by Crippen LogP contribution is -2.28. The minimum absolute atomic E-state index is 0.0478. The predicted octanol–water partition coefficient (Wildman–Crippen LogP) is 7.99. The molecule has 16 nitrogen and oxygen atoms in total. The Morgan fingerprint density at radius 3 is 1.81 bits per heavy atom. The summed E-state index contributed by atoms with van der Waals surface area (Å²) in [7, 11) is 3.05. The summed E-state index contributed by atoms with van der Waals surface area (Å²) in [5.74, 6) is -1.69. The Balaban J connectivity index is 1.02. The van der Waals surface area contributed by atoms with E-state index in [9.17, 15) is 24.0 Å². The normalized spacial score (nSPS) is 15.9. The van der Waals surface area contributed by atoms with Gasteiger partial charge >= 0.3 is 11.9 Å². The number of carbonyl (C=O) groups excluding carboxylic acids is 4. The number of rotatable bonds is 12. The summed E-state index contributed by atoms with van der Waals surface area (Å²) in [5, 5.41) is 2.20. The molecule has 0 spiro atoms. The molecule has 68 heavy (non-hydrogen) atoms. The smallest absolute Gasteiger partial charge is 0.310 e. The quantitative estimate of drug-likeness (QED) is 0.0884. The first-order valence-corrected chi connectivity index (χ1v) is 22.1. The molecule has 1 saturated carbocycles. The number of imidazole rings is 1. The number of ether oxygens (including phenoxy) is 4. The molecule has 3 N–H and O–H groups in total. The number of H-pyrrole nitrogens is 1. The first-order valence-electron chi connectivity index (χ1n) is 21.4. The second kappa shape index (κ2) is 18.2. The van der Waals surface area contributed by atoms with E-state index < -0.39 is 35.6 Å². The maximum absolute atomic E-state index is 14.3. The van der Waals surface area contributed by atoms with Gasteiger partial charge in [0.2, 0.25) is 5.95 Å². The van der Waals surface area contributed by atoms with Crippen LogP contribution in [0.25, 0.3) is 33.0 Å². The number of fused-ring (bicyclic) bond motifs is 3. The van der Waals surface area contributed by atoms with Crippen molar-refractivity contribution in [3.05, 3.63) is 157 Å². The van der Waals surface area contributed by atoms with Gasteiger partial charge in [-0.2, -0.15) is 4.98 Å². The van der Waals surface area contributed by atoms with E-state index in [1.807, 2.05) is 0 Å². The second-order valence-electron chi connectivity index (χ2n) is 16.5. The monoisotopic (exact) mass is 955 g/mol. The summed E-state index contributed by atoms with van der Waals surface area (Å²) in [6.07, 6.45) is 0.239. The molecule has 0 bridgehead atoms. The van der Waals surface area contributed by atoms with Crippen molar-refractivity contribution in [1.82, 2.24) is 28.7 Å². The number of hydrogen-bond donors (Lipinski definition) is 2. The van der Waals surface area contributed by atoms with E-state index in [0.29, 0.717) is 82.6 Å². The number of anilines is 1. The highest BCUT2D eigenvalue weighted by atomic mass is 35.5. The molecule has 3 atom stereocenters. The van der Waals surface area contributed by atoms with Crippen LogP contribution < -0.4 is 20.8 Å². The zero-order valence-electron chi connectivity index (χ0n) is 37.2. The molecule has 346 valence electrons. The first kappa shape index (κ1) is 45.5. The van der Waals surface area contributed by atoms with Crippen LogP contribution in [-0.2, 0) is 31.9 Å². The van der Waals surface area contributed by atoms with Gasteiger partial charge in [-0.15, -0.1) is 0 Å². The van der Waals surface area contributed by atoms with Crippen LogP contribution in [0.1, 0.15) is 55.7 Å². The molecule has 9 rings (SSSR count). The van der Waals surface area contributed by atoms with Gasteiger partial charge in [0.15, 0.2) is 11.2 Å². The summed E-state index contributed by atoms with van der Waals surface area (Å²) < 4.78 is 28.1. The van der Waals surface area contributed by atoms with Crippen molar-refractivity contribution < 1.29 is 38.1 Å². The Hall–Kier alpha value is -7.69. The fourth-order valence-electron chi connectivity index (χ4n) is 9.15. The summed E-state index contributed by atoms with van der Waals surface area (Å²) in [4.78, 5) is 80.1. The number of esters is 2. The third-order valence-corrected chi connectivity index (χ3v) is 13.1. The molecule has 1 fully saturated rings. The van der Waals surface area contributed by atoms with E-state index in [-0.39, 0.29) is 54.8 Å². The predicted molar refractivity (Wildman–Crippen MR) is 256 cm³/mol. The Kier molecular flexibility index (Phi) is 12.2. The number of aromatic amines is 1. The number of aromatic nitrogens is 6. The lowest BCUT2D eigenvalue weighted by molar-refractivity contribution is -0.152. The van der Waals surface area contributed by atoms with Crippen molar-refractivity contribution in [3.8, 4) is 11.5 Å². The van der Waals surface area contributed by atoms with E-state index in [4.69, 9.17) is 47.9 Å². The zero-order valence-corrected chi connectivity index (χ0v) is 38.7. The molecule has 1 aliphatic rings. The third-order valence-electron chi connectivity index (χ3n) is 12.6. The number of hydrogen-bond acceptors (Lipinski definition) is 12. The summed E-state index contributed by atoms with van der Waals surface area (Å²) in [6, 6.07) is 23.0. The largest absolute Gasteiger partial charge is 0.497 e. The van der Waals surface area contributed by atoms with Crippen molar-refractivity contribution in [2.45, 2.75) is 45.3 Å². The molecule has 0 saturated heterocycles. The molecule has 4 aromatic carbocycles. The van der Waals surface area contributed by atoms with E-state index in [1.54, 1.807) is 112 Å². The molecular formula is C50H43Cl2N7O9. The van der Waals surface area contributed by atoms with Crippen LogP contribution in [0.3, 0.4) is 0 Å². The van der Waals surface area contributed by atoms with Gasteiger partial charge in [-0.25, -0.2) is 4.98 Å². The van der Waals surface area contributed by atoms with E-state index >= 15 is 0 Å². The van der Waals surface area contributed by atoms with Crippen LogP contribution in [0, 0.1) is 19.8 Å². The number of benzene rings is 4. The van der Waals surface area contributed by atoms with Crippen LogP contribution in [0.5, 0.6) is 11.5 Å². The molecule has 0 aliphatic heterocycles. The van der Waals surface area contributed by atoms with Crippen LogP contribution in [0.4, 0.5) is 5.95 Å². The fourth-order valence-corrected chi connectivity index (χ4v) is 9.41. The maximum Gasteiger partial charge on any atom is 0.310 e. The van der Waals surface area contributed by atoms with Crippen molar-refractivity contribution in [3.63, 3.8) is 0 Å². The van der Waals surface area contributed by atoms with Crippen molar-refractivity contribution >= 4 is 85.9 Å². The fraction of sp³-hybridized carbons (Fsp3) is 0.220. The highest BCUT2D eigenvalue weighted by molar-refractivity contribution is 6.31. The van der Waals surface area contributed by atoms with Crippen molar-refractivity contribution in [2.75, 3.05) is 26.6 Å². The second-order valence-corrected chi connectivity index (χ2v) is 17.3. The number of nitrogens with two attached hydrogens (primary N) is 1. The highest BCUT2D eigenvalue weighted by Gasteiger charge is 2.43. The van der Waals surface area contributed by atoms with Gasteiger partial charge in [-0.1, -0.05) is 29.8 Å². The number of halogens is 2. The Labute approximate surface area is 397 Å². The van der Waals surface area contributed by atoms with Gasteiger partial charge < -0.3 is 29.2 Å². The molecule has 18 heteroatoms. The maximum atomic E-state index is 14.3. The van der Waals surface area contributed by atoms with Crippen molar-refractivity contribution in [1.29, 1.82) is 0 Å². The summed E-state index contributed by atoms with van der Waals surface area (Å²) >= 11 is 12.2. The Bertz CT molecular complexity index is 3430. The molecule has 0 radical (unpaired) electrons. The molecule has 0 unspecified atom stereocenters. The van der Waals surface area contributed by atoms with E-state index in [1.165, 1.54) is 20.5 Å². The minimum Gasteiger partial charge on any atom is -0.497 e. The van der Waals surface area contributed by atoms with Crippen LogP contribution in [-0.4, -0.2) is 79.3 Å². The molecule has 8 aromatic rings. The number of nitrogen functional groups attached to an aromatic ring is 1. The van der Waals surface area contributed by atoms with Gasteiger partial charge in [0, 0.05) is 49.8 Å². The van der Waals surface area contributed by atoms with Gasteiger partial charge in [-0.3, -0.25) is 38.1 Å². The minimum atomic E-state index is -0.895. The average molecular weight is 957 g/mol. The topological polar surface area (TPSA) is 205 Å². The lowest BCUT2D eigenvalue weighted by atomic mass is 10.0. The van der Waals surface area contributed by atoms with Crippen LogP contribution in [0.15, 0.2) is 108 Å². The molecule has 0 amide bonds. The van der Waals surface area contributed by atoms with Gasteiger partial charge in [0.1, 0.15) is 24.2 Å². The standard InChI is InChI=1S/C50H43Cl2N7O9/c1-25-38(23-67-43(60)20-34-26(2)58(39-16-14-32(65-4)18-36(34)39)48(63)28-6-10-30(51)11-7-28)42(22-41(25)57-24-54-45-46(57)55-50(53)56-47(45)62)68-44(61)21-35-27(3)59(40-17-15-33(66-5)19-37(35)40)49(64)29-8-12-31(52)13-9-29/h6-19,24,38,41-42H,1,20-23H2,2-5H3,(H3,53,55,56,62)/t38-,41-,42-/m0/s1. The molecule has 4 aromatic heterocycles. The van der Waals surface area contributed by atoms with E-state index in [2.05, 4.69) is 21.5 Å². The zero-order chi connectivity index (χ0) is 48.1. The molecule has 1 aliphatic carbocycles. The number of nitrogens with one attached hydrogen (secondary N) is 1. The highest BCUT2D eigenvalue weighted by Crippen LogP contribution is 2.43.